The molecule has 0 saturated heterocycles. The monoisotopic (exact) mass is 310 g/mol. The van der Waals surface area contributed by atoms with E-state index in [1.165, 1.54) is 0 Å². The Morgan fingerprint density at radius 3 is 2.13 bits per heavy atom. The van der Waals surface area contributed by atoms with Crippen LogP contribution in [0.4, 0.5) is 11.4 Å². The molecular formula is C18H18N2O3. The first kappa shape index (κ1) is 15.1. The number of methoxy groups -OCH3 is 1. The van der Waals surface area contributed by atoms with Crippen molar-refractivity contribution in [3.63, 3.8) is 0 Å². The van der Waals surface area contributed by atoms with E-state index in [0.29, 0.717) is 30.0 Å². The average Bonchev–Trinajstić information content (AvgIpc) is 3.38. The first-order chi connectivity index (χ1) is 11.1. The molecule has 23 heavy (non-hydrogen) atoms. The highest BCUT2D eigenvalue weighted by molar-refractivity contribution is 6.16. The van der Waals surface area contributed by atoms with Crippen LogP contribution in [0.2, 0.25) is 0 Å². The first-order valence-corrected chi connectivity index (χ1v) is 7.46. The molecule has 1 aliphatic carbocycles. The number of hydrogen-bond acceptors (Lipinski definition) is 3. The van der Waals surface area contributed by atoms with Crippen LogP contribution in [-0.4, -0.2) is 18.9 Å². The van der Waals surface area contributed by atoms with E-state index >= 15 is 0 Å². The number of ether oxygens (including phenoxy) is 1. The molecule has 1 saturated carbocycles. The van der Waals surface area contributed by atoms with Crippen LogP contribution in [-0.2, 0) is 9.59 Å². The molecule has 0 atom stereocenters. The summed E-state index contributed by atoms with van der Waals surface area (Å²) in [4.78, 5) is 25.0. The Hall–Kier alpha value is -2.82. The summed E-state index contributed by atoms with van der Waals surface area (Å²) in [5.74, 6) is 0.115. The molecule has 2 N–H and O–H groups in total. The van der Waals surface area contributed by atoms with Gasteiger partial charge in [-0.3, -0.25) is 9.59 Å². The molecule has 2 amide bonds. The quantitative estimate of drug-likeness (QED) is 0.834. The summed E-state index contributed by atoms with van der Waals surface area (Å²) in [6.45, 7) is 0. The van der Waals surface area contributed by atoms with Crippen LogP contribution in [0.5, 0.6) is 5.75 Å². The highest BCUT2D eigenvalue weighted by Gasteiger charge is 2.56. The predicted octanol–water partition coefficient (Wildman–Crippen LogP) is 3.05. The van der Waals surface area contributed by atoms with Gasteiger partial charge in [0.1, 0.15) is 11.2 Å². The fourth-order valence-corrected chi connectivity index (χ4v) is 2.41. The van der Waals surface area contributed by atoms with Crippen LogP contribution in [0.15, 0.2) is 54.6 Å². The van der Waals surface area contributed by atoms with Crippen LogP contribution >= 0.6 is 0 Å². The van der Waals surface area contributed by atoms with Crippen molar-refractivity contribution >= 4 is 23.2 Å². The normalized spacial score (nSPS) is 14.7. The molecule has 1 fully saturated rings. The highest BCUT2D eigenvalue weighted by Crippen LogP contribution is 2.47. The fourth-order valence-electron chi connectivity index (χ4n) is 2.41. The molecule has 0 spiro atoms. The van der Waals surface area contributed by atoms with Gasteiger partial charge in [0.25, 0.3) is 0 Å². The lowest BCUT2D eigenvalue weighted by molar-refractivity contribution is -0.131. The third kappa shape index (κ3) is 3.18. The molecular weight excluding hydrogens is 292 g/mol. The maximum Gasteiger partial charge on any atom is 0.240 e. The van der Waals surface area contributed by atoms with Crippen molar-refractivity contribution in [2.75, 3.05) is 17.7 Å². The summed E-state index contributed by atoms with van der Waals surface area (Å²) < 4.78 is 5.13. The summed E-state index contributed by atoms with van der Waals surface area (Å²) in [6, 6.07) is 16.2. The number of carbonyl (C=O) groups excluding carboxylic acids is 2. The zero-order valence-electron chi connectivity index (χ0n) is 12.8. The van der Waals surface area contributed by atoms with Gasteiger partial charge in [0.05, 0.1) is 7.11 Å². The Morgan fingerprint density at radius 2 is 1.52 bits per heavy atom. The molecule has 118 valence electrons. The molecule has 0 heterocycles. The standard InChI is InChI=1S/C18H18N2O3/c1-23-15-9-5-8-14(12-15)20-17(22)18(10-11-18)16(21)19-13-6-3-2-4-7-13/h2-9,12H,10-11H2,1H3,(H,19,21)(H,20,22). The Balaban J connectivity index is 1.69. The maximum absolute atomic E-state index is 12.5. The minimum Gasteiger partial charge on any atom is -0.497 e. The van der Waals surface area contributed by atoms with E-state index in [1.54, 1.807) is 43.5 Å². The third-order valence-corrected chi connectivity index (χ3v) is 3.98. The van der Waals surface area contributed by atoms with Crippen LogP contribution in [0.3, 0.4) is 0 Å². The van der Waals surface area contributed by atoms with Gasteiger partial charge in [0, 0.05) is 17.4 Å². The van der Waals surface area contributed by atoms with Crippen LogP contribution in [0, 0.1) is 5.41 Å². The second-order valence-electron chi connectivity index (χ2n) is 5.59. The van der Waals surface area contributed by atoms with Gasteiger partial charge >= 0.3 is 0 Å². The molecule has 1 aliphatic rings. The van der Waals surface area contributed by atoms with Crippen molar-refractivity contribution in [2.24, 2.45) is 5.41 Å². The van der Waals surface area contributed by atoms with Gasteiger partial charge in [-0.1, -0.05) is 24.3 Å². The SMILES string of the molecule is COc1cccc(NC(=O)C2(C(=O)Nc3ccccc3)CC2)c1. The van der Waals surface area contributed by atoms with Crippen LogP contribution in [0.1, 0.15) is 12.8 Å². The number of benzene rings is 2. The number of rotatable bonds is 5. The topological polar surface area (TPSA) is 67.4 Å². The second kappa shape index (κ2) is 6.12. The lowest BCUT2D eigenvalue weighted by atomic mass is 10.0. The number of nitrogens with one attached hydrogen (secondary N) is 2. The second-order valence-corrected chi connectivity index (χ2v) is 5.59. The number of hydrogen-bond donors (Lipinski definition) is 2. The first-order valence-electron chi connectivity index (χ1n) is 7.46. The van der Waals surface area contributed by atoms with Gasteiger partial charge in [0.15, 0.2) is 0 Å². The number of anilines is 2. The molecule has 2 aromatic carbocycles. The molecule has 2 aromatic rings. The van der Waals surface area contributed by atoms with Crippen LogP contribution in [0.25, 0.3) is 0 Å². The summed E-state index contributed by atoms with van der Waals surface area (Å²) in [6.07, 6.45) is 1.11. The molecule has 5 nitrogen and oxygen atoms in total. The predicted molar refractivity (Wildman–Crippen MR) is 88.4 cm³/mol. The smallest absolute Gasteiger partial charge is 0.240 e. The van der Waals surface area contributed by atoms with Crippen molar-refractivity contribution in [1.29, 1.82) is 0 Å². The van der Waals surface area contributed by atoms with Crippen molar-refractivity contribution in [3.8, 4) is 5.75 Å². The molecule has 0 aromatic heterocycles. The minimum atomic E-state index is -0.973. The summed E-state index contributed by atoms with van der Waals surface area (Å²) in [5.41, 5.74) is 0.338. The Kier molecular flexibility index (Phi) is 4.02. The van der Waals surface area contributed by atoms with Crippen molar-refractivity contribution < 1.29 is 14.3 Å². The van der Waals surface area contributed by atoms with Crippen LogP contribution < -0.4 is 15.4 Å². The number of amides is 2. The fraction of sp³-hybridized carbons (Fsp3) is 0.222. The summed E-state index contributed by atoms with van der Waals surface area (Å²) in [5, 5.41) is 5.62. The molecule has 3 rings (SSSR count). The molecule has 5 heteroatoms. The van der Waals surface area contributed by atoms with E-state index < -0.39 is 5.41 Å². The highest BCUT2D eigenvalue weighted by atomic mass is 16.5. The molecule has 0 unspecified atom stereocenters. The minimum absolute atomic E-state index is 0.260. The summed E-state index contributed by atoms with van der Waals surface area (Å²) >= 11 is 0. The lowest BCUT2D eigenvalue weighted by Crippen LogP contribution is -2.35. The molecule has 0 radical (unpaired) electrons. The molecule has 0 aliphatic heterocycles. The lowest BCUT2D eigenvalue weighted by Gasteiger charge is -2.15. The average molecular weight is 310 g/mol. The van der Waals surface area contributed by atoms with Gasteiger partial charge in [-0.15, -0.1) is 0 Å². The Bertz CT molecular complexity index is 724. The van der Waals surface area contributed by atoms with Gasteiger partial charge in [-0.25, -0.2) is 0 Å². The van der Waals surface area contributed by atoms with Crippen molar-refractivity contribution in [2.45, 2.75) is 12.8 Å². The maximum atomic E-state index is 12.5. The zero-order chi connectivity index (χ0) is 16.3. The van der Waals surface area contributed by atoms with E-state index in [1.807, 2.05) is 18.2 Å². The van der Waals surface area contributed by atoms with Crippen molar-refractivity contribution in [3.05, 3.63) is 54.6 Å². The summed E-state index contributed by atoms with van der Waals surface area (Å²) in [7, 11) is 1.57. The number of para-hydroxylation sites is 1. The Labute approximate surface area is 134 Å². The Morgan fingerprint density at radius 1 is 0.913 bits per heavy atom. The largest absolute Gasteiger partial charge is 0.497 e. The van der Waals surface area contributed by atoms with E-state index in [2.05, 4.69) is 10.6 Å². The van der Waals surface area contributed by atoms with E-state index in [4.69, 9.17) is 4.74 Å². The van der Waals surface area contributed by atoms with Gasteiger partial charge < -0.3 is 15.4 Å². The van der Waals surface area contributed by atoms with Gasteiger partial charge in [-0.2, -0.15) is 0 Å². The van der Waals surface area contributed by atoms with E-state index in [9.17, 15) is 9.59 Å². The van der Waals surface area contributed by atoms with E-state index in [0.717, 1.165) is 0 Å². The third-order valence-electron chi connectivity index (χ3n) is 3.98. The van der Waals surface area contributed by atoms with Crippen molar-refractivity contribution in [1.82, 2.24) is 0 Å². The van der Waals surface area contributed by atoms with E-state index in [-0.39, 0.29) is 11.8 Å². The van der Waals surface area contributed by atoms with Gasteiger partial charge in [0.2, 0.25) is 11.8 Å². The number of carbonyl (C=O) groups is 2. The molecule has 0 bridgehead atoms. The van der Waals surface area contributed by atoms with Gasteiger partial charge in [-0.05, 0) is 37.1 Å². The zero-order valence-corrected chi connectivity index (χ0v) is 12.8.